The Kier molecular flexibility index (Phi) is 4.00. The number of hydrogen-bond acceptors (Lipinski definition) is 3. The van der Waals surface area contributed by atoms with Crippen LogP contribution < -0.4 is 5.32 Å². The molecule has 0 aliphatic heterocycles. The Hall–Kier alpha value is -0.120. The fourth-order valence-electron chi connectivity index (χ4n) is 1.87. The van der Waals surface area contributed by atoms with Crippen molar-refractivity contribution in [3.63, 3.8) is 0 Å². The van der Waals surface area contributed by atoms with Gasteiger partial charge in [-0.2, -0.15) is 0 Å². The molecule has 0 spiro atoms. The molecule has 3 nitrogen and oxygen atoms in total. The number of nitrogens with one attached hydrogen (secondary N) is 1. The lowest BCUT2D eigenvalue weighted by molar-refractivity contribution is 0.0618. The van der Waals surface area contributed by atoms with Gasteiger partial charge in [-0.25, -0.2) is 0 Å². The van der Waals surface area contributed by atoms with Crippen LogP contribution in [0, 0.1) is 5.41 Å². The number of hydrogen-bond donors (Lipinski definition) is 1. The van der Waals surface area contributed by atoms with Gasteiger partial charge in [0.15, 0.2) is 0 Å². The molecule has 3 heteroatoms. The molecule has 0 atom stereocenters. The Bertz CT molecular complexity index is 188. The van der Waals surface area contributed by atoms with Gasteiger partial charge in [-0.3, -0.25) is 0 Å². The normalized spacial score (nSPS) is 23.0. The van der Waals surface area contributed by atoms with Crippen LogP contribution in [0.25, 0.3) is 0 Å². The van der Waals surface area contributed by atoms with E-state index in [0.29, 0.717) is 12.0 Å². The zero-order chi connectivity index (χ0) is 10.6. The lowest BCUT2D eigenvalue weighted by Crippen LogP contribution is -2.26. The first-order valence-corrected chi connectivity index (χ1v) is 6.15. The van der Waals surface area contributed by atoms with E-state index in [1.54, 1.807) is 7.11 Å². The second-order valence-corrected chi connectivity index (χ2v) is 5.01. The molecule has 2 aliphatic carbocycles. The van der Waals surface area contributed by atoms with E-state index in [2.05, 4.69) is 5.32 Å². The van der Waals surface area contributed by atoms with Gasteiger partial charge in [-0.15, -0.1) is 0 Å². The van der Waals surface area contributed by atoms with Gasteiger partial charge < -0.3 is 14.8 Å². The molecule has 0 saturated heterocycles. The van der Waals surface area contributed by atoms with Crippen LogP contribution in [0.5, 0.6) is 0 Å². The Morgan fingerprint density at radius 1 is 1.20 bits per heavy atom. The maximum Gasteiger partial charge on any atom is 0.0700 e. The molecule has 0 unspecified atom stereocenters. The molecule has 0 amide bonds. The predicted octanol–water partition coefficient (Wildman–Crippen LogP) is 1.57. The van der Waals surface area contributed by atoms with Crippen molar-refractivity contribution in [3.05, 3.63) is 0 Å². The van der Waals surface area contributed by atoms with Crippen molar-refractivity contribution in [3.8, 4) is 0 Å². The second-order valence-electron chi connectivity index (χ2n) is 5.01. The molecule has 88 valence electrons. The molecule has 2 aliphatic rings. The van der Waals surface area contributed by atoms with Gasteiger partial charge in [0.2, 0.25) is 0 Å². The van der Waals surface area contributed by atoms with Gasteiger partial charge in [0.05, 0.1) is 13.2 Å². The smallest absolute Gasteiger partial charge is 0.0700 e. The summed E-state index contributed by atoms with van der Waals surface area (Å²) in [7, 11) is 1.71. The Labute approximate surface area is 92.5 Å². The molecule has 0 radical (unpaired) electrons. The summed E-state index contributed by atoms with van der Waals surface area (Å²) >= 11 is 0. The molecular weight excluding hydrogens is 190 g/mol. The third-order valence-corrected chi connectivity index (χ3v) is 3.51. The van der Waals surface area contributed by atoms with E-state index in [0.717, 1.165) is 19.3 Å². The molecule has 0 bridgehead atoms. The maximum absolute atomic E-state index is 5.52. The molecule has 1 N–H and O–H groups in total. The van der Waals surface area contributed by atoms with Gasteiger partial charge in [-0.05, 0) is 37.5 Å². The lowest BCUT2D eigenvalue weighted by Gasteiger charge is -2.15. The summed E-state index contributed by atoms with van der Waals surface area (Å²) in [5.41, 5.74) is 0.593. The summed E-state index contributed by atoms with van der Waals surface area (Å²) in [4.78, 5) is 0. The summed E-state index contributed by atoms with van der Waals surface area (Å²) in [5, 5.41) is 3.63. The number of rotatable bonds is 9. The SMILES string of the molecule is COCCOCCC1(CNC2CC2)CC1. The Balaban J connectivity index is 1.49. The van der Waals surface area contributed by atoms with Gasteiger partial charge >= 0.3 is 0 Å². The fourth-order valence-corrected chi connectivity index (χ4v) is 1.87. The molecule has 2 fully saturated rings. The first kappa shape index (κ1) is 11.4. The third kappa shape index (κ3) is 4.09. The van der Waals surface area contributed by atoms with E-state index in [-0.39, 0.29) is 0 Å². The van der Waals surface area contributed by atoms with Crippen LogP contribution in [0.15, 0.2) is 0 Å². The first-order chi connectivity index (χ1) is 7.35. The summed E-state index contributed by atoms with van der Waals surface area (Å²) in [6.45, 7) is 3.57. The van der Waals surface area contributed by atoms with E-state index < -0.39 is 0 Å². The monoisotopic (exact) mass is 213 g/mol. The van der Waals surface area contributed by atoms with Gasteiger partial charge in [0.25, 0.3) is 0 Å². The van der Waals surface area contributed by atoms with Gasteiger partial charge in [0.1, 0.15) is 0 Å². The van der Waals surface area contributed by atoms with E-state index in [1.807, 2.05) is 0 Å². The van der Waals surface area contributed by atoms with E-state index >= 15 is 0 Å². The average molecular weight is 213 g/mol. The molecule has 0 aromatic rings. The first-order valence-electron chi connectivity index (χ1n) is 6.15. The van der Waals surface area contributed by atoms with E-state index in [9.17, 15) is 0 Å². The quantitative estimate of drug-likeness (QED) is 0.590. The molecule has 2 saturated carbocycles. The van der Waals surface area contributed by atoms with Crippen LogP contribution in [0.1, 0.15) is 32.1 Å². The maximum atomic E-state index is 5.52. The van der Waals surface area contributed by atoms with Crippen LogP contribution in [-0.4, -0.2) is 39.5 Å². The minimum absolute atomic E-state index is 0.593. The molecular formula is C12H23NO2. The van der Waals surface area contributed by atoms with Crippen molar-refractivity contribution < 1.29 is 9.47 Å². The van der Waals surface area contributed by atoms with Crippen molar-refractivity contribution in [1.82, 2.24) is 5.32 Å². The summed E-state index contributed by atoms with van der Waals surface area (Å²) in [6, 6.07) is 0.844. The van der Waals surface area contributed by atoms with Crippen LogP contribution >= 0.6 is 0 Å². The molecule has 15 heavy (non-hydrogen) atoms. The summed E-state index contributed by atoms with van der Waals surface area (Å²) in [5.74, 6) is 0. The highest BCUT2D eigenvalue weighted by Gasteiger charge is 2.42. The van der Waals surface area contributed by atoms with Crippen LogP contribution in [0.2, 0.25) is 0 Å². The van der Waals surface area contributed by atoms with Gasteiger partial charge in [-0.1, -0.05) is 0 Å². The van der Waals surface area contributed by atoms with E-state index in [4.69, 9.17) is 9.47 Å². The second kappa shape index (κ2) is 5.28. The lowest BCUT2D eigenvalue weighted by atomic mass is 10.0. The van der Waals surface area contributed by atoms with Gasteiger partial charge in [0, 0.05) is 26.3 Å². The van der Waals surface area contributed by atoms with Crippen LogP contribution in [-0.2, 0) is 9.47 Å². The minimum atomic E-state index is 0.593. The summed E-state index contributed by atoms with van der Waals surface area (Å²) < 4.78 is 10.5. The largest absolute Gasteiger partial charge is 0.382 e. The van der Waals surface area contributed by atoms with Crippen LogP contribution in [0.3, 0.4) is 0 Å². The topological polar surface area (TPSA) is 30.5 Å². The molecule has 0 aromatic heterocycles. The Morgan fingerprint density at radius 2 is 2.00 bits per heavy atom. The minimum Gasteiger partial charge on any atom is -0.382 e. The predicted molar refractivity (Wildman–Crippen MR) is 60.0 cm³/mol. The highest BCUT2D eigenvalue weighted by atomic mass is 16.5. The number of ether oxygens (including phenoxy) is 2. The fraction of sp³-hybridized carbons (Fsp3) is 1.00. The van der Waals surface area contributed by atoms with Crippen molar-refractivity contribution in [2.24, 2.45) is 5.41 Å². The zero-order valence-corrected chi connectivity index (χ0v) is 9.76. The van der Waals surface area contributed by atoms with Crippen molar-refractivity contribution in [2.45, 2.75) is 38.1 Å². The molecule has 0 heterocycles. The standard InChI is InChI=1S/C12H23NO2/c1-14-8-9-15-7-6-12(4-5-12)10-13-11-2-3-11/h11,13H,2-10H2,1H3. The average Bonchev–Trinajstić information content (AvgIpc) is 3.12. The highest BCUT2D eigenvalue weighted by molar-refractivity contribution is 4.96. The number of methoxy groups -OCH3 is 1. The van der Waals surface area contributed by atoms with Crippen LogP contribution in [0.4, 0.5) is 0 Å². The Morgan fingerprint density at radius 3 is 2.60 bits per heavy atom. The van der Waals surface area contributed by atoms with Crippen molar-refractivity contribution >= 4 is 0 Å². The van der Waals surface area contributed by atoms with E-state index in [1.165, 1.54) is 38.6 Å². The highest BCUT2D eigenvalue weighted by Crippen LogP contribution is 2.48. The molecule has 2 rings (SSSR count). The summed E-state index contributed by atoms with van der Waals surface area (Å²) in [6.07, 6.45) is 6.78. The van der Waals surface area contributed by atoms with Crippen molar-refractivity contribution in [2.75, 3.05) is 33.5 Å². The molecule has 0 aromatic carbocycles. The van der Waals surface area contributed by atoms with Crippen molar-refractivity contribution in [1.29, 1.82) is 0 Å². The third-order valence-electron chi connectivity index (χ3n) is 3.51. The zero-order valence-electron chi connectivity index (χ0n) is 9.76.